The van der Waals surface area contributed by atoms with Gasteiger partial charge in [0.2, 0.25) is 0 Å². The third-order valence-electron chi connectivity index (χ3n) is 7.35. The van der Waals surface area contributed by atoms with Gasteiger partial charge in [-0.25, -0.2) is 13.6 Å². The lowest BCUT2D eigenvalue weighted by Crippen LogP contribution is -2.42. The first kappa shape index (κ1) is 29.6. The van der Waals surface area contributed by atoms with Gasteiger partial charge in [-0.3, -0.25) is 9.48 Å². The van der Waals surface area contributed by atoms with Crippen molar-refractivity contribution in [3.63, 3.8) is 0 Å². The Morgan fingerprint density at radius 1 is 1.14 bits per heavy atom. The number of likely N-dealkylation sites (tertiary alicyclic amines) is 1. The second-order valence-electron chi connectivity index (χ2n) is 11.2. The normalized spacial score (nSPS) is 14.1. The van der Waals surface area contributed by atoms with Crippen molar-refractivity contribution in [2.45, 2.75) is 40.2 Å². The number of furan rings is 1. The van der Waals surface area contributed by atoms with Gasteiger partial charge >= 0.3 is 6.09 Å². The number of hydrogen-bond acceptors (Lipinski definition) is 5. The van der Waals surface area contributed by atoms with Crippen molar-refractivity contribution in [1.82, 2.24) is 20.0 Å². The molecule has 2 amide bonds. The van der Waals surface area contributed by atoms with Crippen molar-refractivity contribution in [3.8, 4) is 11.3 Å². The van der Waals surface area contributed by atoms with E-state index < -0.39 is 11.6 Å². The monoisotopic (exact) mass is 598 g/mol. The van der Waals surface area contributed by atoms with Crippen LogP contribution in [-0.4, -0.2) is 52.9 Å². The number of amides is 2. The maximum absolute atomic E-state index is 14.4. The van der Waals surface area contributed by atoms with E-state index in [4.69, 9.17) is 20.8 Å². The maximum Gasteiger partial charge on any atom is 0.409 e. The molecule has 5 rings (SSSR count). The van der Waals surface area contributed by atoms with Crippen LogP contribution in [0.4, 0.5) is 13.6 Å². The predicted molar refractivity (Wildman–Crippen MR) is 155 cm³/mol. The van der Waals surface area contributed by atoms with Crippen molar-refractivity contribution in [2.75, 3.05) is 26.2 Å². The number of benzene rings is 2. The molecule has 0 unspecified atom stereocenters. The number of carbonyl (C=O) groups is 2. The van der Waals surface area contributed by atoms with E-state index in [1.807, 2.05) is 20.8 Å². The van der Waals surface area contributed by atoms with E-state index in [0.717, 1.165) is 24.6 Å². The van der Waals surface area contributed by atoms with Gasteiger partial charge in [-0.05, 0) is 68.0 Å². The molecule has 0 atom stereocenters. The Labute approximate surface area is 247 Å². The van der Waals surface area contributed by atoms with Crippen LogP contribution in [-0.2, 0) is 11.3 Å². The van der Waals surface area contributed by atoms with Crippen LogP contribution in [0.2, 0.25) is 5.02 Å². The molecular weight excluding hydrogens is 566 g/mol. The Kier molecular flexibility index (Phi) is 8.82. The number of halogens is 3. The summed E-state index contributed by atoms with van der Waals surface area (Å²) < 4.78 is 40.8. The summed E-state index contributed by atoms with van der Waals surface area (Å²) in [7, 11) is 0. The second-order valence-corrected chi connectivity index (χ2v) is 11.6. The molecule has 8 nitrogen and oxygen atoms in total. The average Bonchev–Trinajstić information content (AvgIpc) is 3.54. The van der Waals surface area contributed by atoms with E-state index >= 15 is 0 Å². The Hall–Kier alpha value is -3.92. The van der Waals surface area contributed by atoms with Crippen molar-refractivity contribution in [2.24, 2.45) is 11.8 Å². The van der Waals surface area contributed by atoms with Crippen molar-refractivity contribution in [1.29, 1.82) is 0 Å². The van der Waals surface area contributed by atoms with Crippen LogP contribution in [0.15, 0.2) is 46.9 Å². The molecule has 11 heteroatoms. The van der Waals surface area contributed by atoms with Gasteiger partial charge in [-0.1, -0.05) is 25.4 Å². The summed E-state index contributed by atoms with van der Waals surface area (Å²) in [6.07, 6.45) is 1.28. The van der Waals surface area contributed by atoms with Crippen LogP contribution in [0.5, 0.6) is 0 Å². The van der Waals surface area contributed by atoms with Gasteiger partial charge < -0.3 is 19.4 Å². The van der Waals surface area contributed by atoms with E-state index in [1.54, 1.807) is 33.8 Å². The molecule has 0 aliphatic carbocycles. The number of nitrogens with zero attached hydrogens (tertiary/aromatic N) is 3. The summed E-state index contributed by atoms with van der Waals surface area (Å²) in [5.74, 6) is -0.882. The van der Waals surface area contributed by atoms with Crippen molar-refractivity contribution in [3.05, 3.63) is 76.1 Å². The predicted octanol–water partition coefficient (Wildman–Crippen LogP) is 6.82. The lowest BCUT2D eigenvalue weighted by Gasteiger charge is -2.31. The van der Waals surface area contributed by atoms with Gasteiger partial charge in [0.1, 0.15) is 28.7 Å². The molecule has 1 aliphatic rings. The van der Waals surface area contributed by atoms with E-state index in [9.17, 15) is 18.4 Å². The van der Waals surface area contributed by atoms with Crippen LogP contribution in [0.3, 0.4) is 0 Å². The van der Waals surface area contributed by atoms with Crippen LogP contribution in [0, 0.1) is 30.4 Å². The van der Waals surface area contributed by atoms with E-state index in [2.05, 4.69) is 10.4 Å². The Bertz CT molecular complexity index is 1610. The van der Waals surface area contributed by atoms with Crippen molar-refractivity contribution >= 4 is 34.6 Å². The zero-order valence-corrected chi connectivity index (χ0v) is 24.5. The molecule has 2 aromatic carbocycles. The number of fused-ring (bicyclic) bond motifs is 1. The first-order valence-corrected chi connectivity index (χ1v) is 14.4. The fourth-order valence-electron chi connectivity index (χ4n) is 5.04. The number of piperidine rings is 1. The molecule has 1 N–H and O–H groups in total. The Balaban J connectivity index is 1.22. The average molecular weight is 599 g/mol. The zero-order valence-electron chi connectivity index (χ0n) is 23.8. The number of ether oxygens (including phenoxy) is 1. The van der Waals surface area contributed by atoms with Crippen LogP contribution in [0.1, 0.15) is 48.4 Å². The third-order valence-corrected chi connectivity index (χ3v) is 7.57. The molecule has 4 aromatic rings. The van der Waals surface area contributed by atoms with Gasteiger partial charge in [0.25, 0.3) is 5.91 Å². The van der Waals surface area contributed by atoms with Crippen LogP contribution < -0.4 is 5.32 Å². The Morgan fingerprint density at radius 2 is 1.90 bits per heavy atom. The zero-order chi connectivity index (χ0) is 30.0. The maximum atomic E-state index is 14.4. The van der Waals surface area contributed by atoms with Gasteiger partial charge in [-0.15, -0.1) is 0 Å². The molecule has 0 bridgehead atoms. The highest BCUT2D eigenvalue weighted by Crippen LogP contribution is 2.34. The molecule has 42 heavy (non-hydrogen) atoms. The van der Waals surface area contributed by atoms with Gasteiger partial charge in [-0.2, -0.15) is 5.10 Å². The molecule has 0 radical (unpaired) electrons. The first-order valence-electron chi connectivity index (χ1n) is 14.0. The quantitative estimate of drug-likeness (QED) is 0.240. The highest BCUT2D eigenvalue weighted by molar-refractivity contribution is 6.31. The van der Waals surface area contributed by atoms with E-state index in [1.165, 1.54) is 12.1 Å². The molecule has 222 valence electrons. The highest BCUT2D eigenvalue weighted by atomic mass is 35.5. The van der Waals surface area contributed by atoms with E-state index in [0.29, 0.717) is 47.8 Å². The molecular formula is C31H33ClF2N4O4. The number of hydrogen-bond donors (Lipinski definition) is 1. The molecule has 1 aliphatic heterocycles. The molecule has 0 spiro atoms. The summed E-state index contributed by atoms with van der Waals surface area (Å²) in [5, 5.41) is 8.62. The minimum atomic E-state index is -0.727. The summed E-state index contributed by atoms with van der Waals surface area (Å²) in [6, 6.07) is 10.1. The van der Waals surface area contributed by atoms with Crippen molar-refractivity contribution < 1.29 is 27.5 Å². The Morgan fingerprint density at radius 3 is 2.62 bits per heavy atom. The number of carbonyl (C=O) groups excluding carboxylic acids is 2. The van der Waals surface area contributed by atoms with Crippen LogP contribution in [0.25, 0.3) is 22.3 Å². The lowest BCUT2D eigenvalue weighted by molar-refractivity contribution is 0.0772. The van der Waals surface area contributed by atoms with Gasteiger partial charge in [0, 0.05) is 47.4 Å². The number of rotatable bonds is 8. The van der Waals surface area contributed by atoms with Gasteiger partial charge in [0.15, 0.2) is 0 Å². The summed E-state index contributed by atoms with van der Waals surface area (Å²) in [5.41, 5.74) is 2.38. The number of aromatic nitrogens is 2. The van der Waals surface area contributed by atoms with E-state index in [-0.39, 0.29) is 47.4 Å². The third kappa shape index (κ3) is 6.75. The number of aryl methyl sites for hydroxylation is 1. The molecule has 2 aromatic heterocycles. The number of nitrogens with one attached hydrogen (secondary N) is 1. The first-order chi connectivity index (χ1) is 20.1. The summed E-state index contributed by atoms with van der Waals surface area (Å²) >= 11 is 6.37. The summed E-state index contributed by atoms with van der Waals surface area (Å²) in [4.78, 5) is 26.8. The minimum Gasteiger partial charge on any atom is -0.456 e. The lowest BCUT2D eigenvalue weighted by atomic mass is 9.97. The van der Waals surface area contributed by atoms with Gasteiger partial charge in [0.05, 0.1) is 18.7 Å². The highest BCUT2D eigenvalue weighted by Gasteiger charge is 2.25. The molecule has 1 fully saturated rings. The molecule has 0 saturated carbocycles. The minimum absolute atomic E-state index is 0.139. The molecule has 3 heterocycles. The smallest absolute Gasteiger partial charge is 0.409 e. The van der Waals surface area contributed by atoms with Crippen LogP contribution >= 0.6 is 11.6 Å². The molecule has 1 saturated heterocycles. The summed E-state index contributed by atoms with van der Waals surface area (Å²) in [6.45, 7) is 8.20. The SMILES string of the molecule is Cc1cc(C(=O)NCC2CCN(C(=O)OCC(C)C)CC2)nn1Cc1cc(Cl)cc2cc(-c3ccc(F)cc3F)oc12. The second kappa shape index (κ2) is 12.5. The topological polar surface area (TPSA) is 89.6 Å². The fraction of sp³-hybridized carbons (Fsp3) is 0.387. The largest absolute Gasteiger partial charge is 0.456 e. The fourth-order valence-corrected chi connectivity index (χ4v) is 5.29. The standard InChI is InChI=1S/C31H33ClF2N4O4/c1-18(2)17-41-31(40)37-8-6-20(7-9-37)15-35-30(39)27-10-19(3)38(36-27)16-22-12-23(32)11-21-13-28(42-29(21)22)25-5-4-24(33)14-26(25)34/h4-5,10-14,18,20H,6-9,15-17H2,1-3H3,(H,35,39).